The average molecular weight is 553 g/mol. The molecule has 0 fully saturated rings. The lowest BCUT2D eigenvalue weighted by Crippen LogP contribution is -2.15. The molecule has 0 unspecified atom stereocenters. The molecule has 8 nitrogen and oxygen atoms in total. The molecule has 1 aromatic carbocycles. The van der Waals surface area contributed by atoms with Crippen molar-refractivity contribution < 1.29 is 14.3 Å². The normalized spacial score (nSPS) is 12.8. The summed E-state index contributed by atoms with van der Waals surface area (Å²) in [7, 11) is 0. The first-order valence-corrected chi connectivity index (χ1v) is 14.4. The Morgan fingerprint density at radius 3 is 2.86 bits per heavy atom. The van der Waals surface area contributed by atoms with Crippen molar-refractivity contribution in [3.63, 3.8) is 0 Å². The summed E-state index contributed by atoms with van der Waals surface area (Å²) in [4.78, 5) is 50.4. The van der Waals surface area contributed by atoms with Crippen LogP contribution in [0.3, 0.4) is 0 Å². The van der Waals surface area contributed by atoms with Crippen LogP contribution < -0.4 is 10.9 Å². The third kappa shape index (κ3) is 5.53. The van der Waals surface area contributed by atoms with E-state index >= 15 is 0 Å². The third-order valence-corrected chi connectivity index (χ3v) is 8.62. The smallest absolute Gasteiger partial charge is 0.358 e. The van der Waals surface area contributed by atoms with Crippen LogP contribution in [0.2, 0.25) is 0 Å². The highest BCUT2D eigenvalue weighted by Gasteiger charge is 2.19. The van der Waals surface area contributed by atoms with Crippen molar-refractivity contribution in [1.82, 2.24) is 15.0 Å². The fourth-order valence-electron chi connectivity index (χ4n) is 4.24. The van der Waals surface area contributed by atoms with Crippen molar-refractivity contribution in [2.24, 2.45) is 0 Å². The lowest BCUT2D eigenvalue weighted by atomic mass is 9.89. The van der Waals surface area contributed by atoms with E-state index in [1.54, 1.807) is 6.92 Å². The Balaban J connectivity index is 1.27. The first-order chi connectivity index (χ1) is 17.9. The highest BCUT2D eigenvalue weighted by atomic mass is 32.2. The summed E-state index contributed by atoms with van der Waals surface area (Å²) >= 11 is 3.74. The number of hydrogen-bond donors (Lipinski definition) is 2. The number of carbonyl (C=O) groups is 2. The third-order valence-electron chi connectivity index (χ3n) is 5.99. The van der Waals surface area contributed by atoms with Crippen LogP contribution in [0, 0.1) is 6.92 Å². The molecule has 3 heterocycles. The molecule has 0 spiro atoms. The molecule has 0 radical (unpaired) electrons. The number of H-pyrrole nitrogens is 1. The second-order valence-electron chi connectivity index (χ2n) is 8.54. The van der Waals surface area contributed by atoms with Crippen molar-refractivity contribution in [2.45, 2.75) is 37.8 Å². The van der Waals surface area contributed by atoms with E-state index < -0.39 is 5.97 Å². The number of hydrogen-bond acceptors (Lipinski definition) is 9. The quantitative estimate of drug-likeness (QED) is 0.131. The average Bonchev–Trinajstić information content (AvgIpc) is 3.49. The standard InChI is InChI=1S/C26H24N4O4S3/c1-3-10-34-24(33)21-14(2)37-26(28-21)27-19(31)13-36-25-29-22(32)20-18(12-35-23(20)30-25)17-9-8-15-6-4-5-7-16(15)11-17/h3,8-9,11-12H,1,4-7,10,13H2,2H3,(H,27,28,31)(H,29,30,32). The van der Waals surface area contributed by atoms with Gasteiger partial charge in [-0.15, -0.1) is 22.7 Å². The maximum atomic E-state index is 13.0. The number of benzene rings is 1. The SMILES string of the molecule is C=CCOC(=O)c1nc(NC(=O)CSc2nc3scc(-c4ccc5c(c4)CCCC5)c3c(=O)[nH]2)sc1C. The van der Waals surface area contributed by atoms with Gasteiger partial charge in [0, 0.05) is 15.8 Å². The van der Waals surface area contributed by atoms with E-state index in [2.05, 4.69) is 45.0 Å². The van der Waals surface area contributed by atoms with Crippen LogP contribution in [-0.4, -0.2) is 39.2 Å². The fraction of sp³-hybridized carbons (Fsp3) is 0.269. The number of aryl methyl sites for hydroxylation is 3. The second kappa shape index (κ2) is 11.0. The van der Waals surface area contributed by atoms with Crippen molar-refractivity contribution >= 4 is 61.7 Å². The van der Waals surface area contributed by atoms with E-state index in [4.69, 9.17) is 4.74 Å². The number of aromatic nitrogens is 3. The number of ether oxygens (including phenoxy) is 1. The summed E-state index contributed by atoms with van der Waals surface area (Å²) in [6, 6.07) is 6.46. The topological polar surface area (TPSA) is 114 Å². The highest BCUT2D eigenvalue weighted by Crippen LogP contribution is 2.34. The molecule has 1 aliphatic rings. The number of carbonyl (C=O) groups excluding carboxylic acids is 2. The van der Waals surface area contributed by atoms with Crippen LogP contribution in [0.4, 0.5) is 5.13 Å². The monoisotopic (exact) mass is 552 g/mol. The summed E-state index contributed by atoms with van der Waals surface area (Å²) in [5.74, 6) is -0.871. The van der Waals surface area contributed by atoms with Crippen molar-refractivity contribution in [1.29, 1.82) is 0 Å². The van der Waals surface area contributed by atoms with Gasteiger partial charge in [-0.1, -0.05) is 42.6 Å². The molecule has 5 rings (SSSR count). The number of nitrogens with one attached hydrogen (secondary N) is 2. The molecule has 190 valence electrons. The molecule has 3 aromatic heterocycles. The van der Waals surface area contributed by atoms with Gasteiger partial charge in [0.1, 0.15) is 11.4 Å². The molecule has 0 saturated carbocycles. The first-order valence-electron chi connectivity index (χ1n) is 11.7. The van der Waals surface area contributed by atoms with Crippen molar-refractivity contribution in [3.8, 4) is 11.1 Å². The zero-order chi connectivity index (χ0) is 25.9. The minimum Gasteiger partial charge on any atom is -0.457 e. The summed E-state index contributed by atoms with van der Waals surface area (Å²) in [5, 5.41) is 5.91. The number of amides is 1. The number of thiophene rings is 1. The van der Waals surface area contributed by atoms with Gasteiger partial charge in [-0.25, -0.2) is 14.8 Å². The number of thiazole rings is 1. The number of fused-ring (bicyclic) bond motifs is 2. The molecule has 1 aliphatic carbocycles. The first kappa shape index (κ1) is 25.4. The van der Waals surface area contributed by atoms with E-state index in [0.29, 0.717) is 25.4 Å². The predicted molar refractivity (Wildman–Crippen MR) is 149 cm³/mol. The van der Waals surface area contributed by atoms with E-state index in [1.807, 2.05) is 5.38 Å². The minimum atomic E-state index is -0.565. The number of aromatic amines is 1. The van der Waals surface area contributed by atoms with Crippen molar-refractivity contribution in [3.05, 3.63) is 68.3 Å². The van der Waals surface area contributed by atoms with Gasteiger partial charge < -0.3 is 15.0 Å². The number of nitrogens with zero attached hydrogens (tertiary/aromatic N) is 2. The molecule has 2 N–H and O–H groups in total. The van der Waals surface area contributed by atoms with Gasteiger partial charge in [0.15, 0.2) is 16.0 Å². The van der Waals surface area contributed by atoms with Gasteiger partial charge in [-0.3, -0.25) is 9.59 Å². The number of anilines is 1. The van der Waals surface area contributed by atoms with Crippen LogP contribution in [0.5, 0.6) is 0 Å². The van der Waals surface area contributed by atoms with Crippen LogP contribution >= 0.6 is 34.4 Å². The molecule has 4 aromatic rings. The van der Waals surface area contributed by atoms with Gasteiger partial charge in [0.25, 0.3) is 5.56 Å². The molecule has 11 heteroatoms. The van der Waals surface area contributed by atoms with Gasteiger partial charge in [0.05, 0.1) is 11.1 Å². The van der Waals surface area contributed by atoms with E-state index in [1.165, 1.54) is 52.7 Å². The highest BCUT2D eigenvalue weighted by molar-refractivity contribution is 7.99. The van der Waals surface area contributed by atoms with Crippen LogP contribution in [0.1, 0.15) is 39.3 Å². The Morgan fingerprint density at radius 2 is 2.05 bits per heavy atom. The van der Waals surface area contributed by atoms with E-state index in [9.17, 15) is 14.4 Å². The Labute approximate surface area is 225 Å². The van der Waals surface area contributed by atoms with Gasteiger partial charge in [0.2, 0.25) is 5.91 Å². The van der Waals surface area contributed by atoms with Gasteiger partial charge >= 0.3 is 5.97 Å². The minimum absolute atomic E-state index is 0.0202. The lowest BCUT2D eigenvalue weighted by molar-refractivity contribution is -0.113. The Morgan fingerprint density at radius 1 is 1.24 bits per heavy atom. The Kier molecular flexibility index (Phi) is 7.54. The maximum absolute atomic E-state index is 13.0. The number of rotatable bonds is 8. The largest absolute Gasteiger partial charge is 0.457 e. The van der Waals surface area contributed by atoms with Crippen LogP contribution in [0.25, 0.3) is 21.3 Å². The molecule has 0 aliphatic heterocycles. The summed E-state index contributed by atoms with van der Waals surface area (Å²) in [6.45, 7) is 5.33. The molecule has 0 atom stereocenters. The molecule has 0 saturated heterocycles. The van der Waals surface area contributed by atoms with E-state index in [0.717, 1.165) is 35.7 Å². The summed E-state index contributed by atoms with van der Waals surface area (Å²) in [5.41, 5.74) is 4.62. The molecule has 0 bridgehead atoms. The number of thioether (sulfide) groups is 1. The van der Waals surface area contributed by atoms with E-state index in [-0.39, 0.29) is 29.5 Å². The lowest BCUT2D eigenvalue weighted by Gasteiger charge is -2.16. The second-order valence-corrected chi connectivity index (χ2v) is 11.6. The Bertz CT molecular complexity index is 1570. The van der Waals surface area contributed by atoms with Gasteiger partial charge in [-0.05, 0) is 49.3 Å². The number of esters is 1. The fourth-order valence-corrected chi connectivity index (χ4v) is 6.73. The Hall–Kier alpha value is -3.28. The predicted octanol–water partition coefficient (Wildman–Crippen LogP) is 5.37. The summed E-state index contributed by atoms with van der Waals surface area (Å²) < 4.78 is 5.01. The van der Waals surface area contributed by atoms with Crippen LogP contribution in [0.15, 0.2) is 46.2 Å². The molecular weight excluding hydrogens is 529 g/mol. The summed E-state index contributed by atoms with van der Waals surface area (Å²) in [6.07, 6.45) is 6.08. The van der Waals surface area contributed by atoms with Crippen molar-refractivity contribution in [2.75, 3.05) is 17.7 Å². The molecule has 1 amide bonds. The maximum Gasteiger partial charge on any atom is 0.358 e. The van der Waals surface area contributed by atoms with Gasteiger partial charge in [-0.2, -0.15) is 0 Å². The zero-order valence-electron chi connectivity index (χ0n) is 20.1. The molecule has 37 heavy (non-hydrogen) atoms. The zero-order valence-corrected chi connectivity index (χ0v) is 22.5. The van der Waals surface area contributed by atoms with Crippen LogP contribution in [-0.2, 0) is 22.4 Å². The molecular formula is C26H24N4O4S3.